The molecular weight excluding hydrogens is 1120 g/mol. The molecule has 6 aromatic rings. The van der Waals surface area contributed by atoms with Crippen molar-refractivity contribution in [2.24, 2.45) is 9.98 Å². The number of aliphatic imine (C=N–C) groups is 2. The first kappa shape index (κ1) is 84.1. The first-order chi connectivity index (χ1) is 35.8. The molecule has 0 heterocycles. The number of halogens is 2. The maximum absolute atomic E-state index is 5.08. The number of rotatable bonds is 16. The van der Waals surface area contributed by atoms with Gasteiger partial charge in [0.1, 0.15) is 0 Å². The van der Waals surface area contributed by atoms with Crippen LogP contribution in [0, 0.1) is 13.8 Å². The molecule has 0 aliphatic heterocycles. The summed E-state index contributed by atoms with van der Waals surface area (Å²) in [5.74, 6) is 3.49. The average Bonchev–Trinajstić information content (AvgIpc) is 3.34. The molecule has 0 saturated carbocycles. The maximum Gasteiger partial charge on any atom is 4.00 e. The van der Waals surface area contributed by atoms with E-state index in [1.54, 1.807) is 0 Å². The second-order valence-electron chi connectivity index (χ2n) is 23.0. The standard InChI is InChI=1S/2C29H41N2.2C7H8.2ClH.2O.2Ti/c2*1-18(2)24-13-11-14-25(19(3)4)28(24)30-22(9)17-23(10)31-29-26(20(5)6)15-12-16-27(29)21(7)8;2*1-7-5-3-2-4-6-7;;;;;;/h2*11-21H,1-10H3;2*2-6H,1H3;2*1H;;;;/q2*-1;;;;;2*-2;2*+4/p-2/b2*22-17-,31-23?;;;;;;;;. The van der Waals surface area contributed by atoms with Crippen molar-refractivity contribution in [3.63, 3.8) is 0 Å². The molecule has 0 fully saturated rings. The summed E-state index contributed by atoms with van der Waals surface area (Å²) in [6.07, 6.45) is 4.23. The van der Waals surface area contributed by atoms with Crippen molar-refractivity contribution in [3.05, 3.63) is 223 Å². The third-order valence-electron chi connectivity index (χ3n) is 13.2. The van der Waals surface area contributed by atoms with E-state index >= 15 is 0 Å². The van der Waals surface area contributed by atoms with Crippen LogP contribution >= 0.6 is 0 Å². The summed E-state index contributed by atoms with van der Waals surface area (Å²) < 4.78 is 0. The van der Waals surface area contributed by atoms with Gasteiger partial charge in [-0.1, -0.05) is 304 Å². The third-order valence-corrected chi connectivity index (χ3v) is 13.2. The van der Waals surface area contributed by atoms with Crippen LogP contribution in [0.3, 0.4) is 0 Å². The molecule has 0 aromatic heterocycles. The Labute approximate surface area is 542 Å². The summed E-state index contributed by atoms with van der Waals surface area (Å²) in [5.41, 5.74) is 21.6. The van der Waals surface area contributed by atoms with E-state index in [0.717, 1.165) is 45.6 Å². The Morgan fingerprint density at radius 2 is 0.512 bits per heavy atom. The number of hydrogen-bond acceptors (Lipinski definition) is 2. The predicted molar refractivity (Wildman–Crippen MR) is 341 cm³/mol. The van der Waals surface area contributed by atoms with Crippen molar-refractivity contribution in [1.29, 1.82) is 0 Å². The Hall–Kier alpha value is -4.33. The Balaban J connectivity index is -0.000000562. The van der Waals surface area contributed by atoms with Gasteiger partial charge in [0.15, 0.2) is 0 Å². The van der Waals surface area contributed by atoms with Gasteiger partial charge in [0, 0.05) is 11.4 Å². The fourth-order valence-electron chi connectivity index (χ4n) is 9.07. The minimum Gasteiger partial charge on any atom is -2.00 e. The molecule has 0 amide bonds. The molecule has 6 rings (SSSR count). The van der Waals surface area contributed by atoms with E-state index in [1.807, 2.05) is 36.4 Å². The van der Waals surface area contributed by atoms with Gasteiger partial charge in [-0.05, 0) is 97.3 Å². The zero-order chi connectivity index (χ0) is 56.8. The molecule has 0 aliphatic carbocycles. The van der Waals surface area contributed by atoms with Crippen LogP contribution < -0.4 is 24.8 Å². The van der Waals surface area contributed by atoms with E-state index in [9.17, 15) is 0 Å². The van der Waals surface area contributed by atoms with Crippen LogP contribution in [0.15, 0.2) is 167 Å². The van der Waals surface area contributed by atoms with Crippen LogP contribution in [-0.2, 0) is 54.4 Å². The van der Waals surface area contributed by atoms with E-state index < -0.39 is 0 Å². The van der Waals surface area contributed by atoms with Gasteiger partial charge in [0.2, 0.25) is 0 Å². The van der Waals surface area contributed by atoms with Crippen molar-refractivity contribution < 1.29 is 79.2 Å². The number of aryl methyl sites for hydroxylation is 2. The number of allylic oxidation sites excluding steroid dienone is 4. The van der Waals surface area contributed by atoms with Crippen molar-refractivity contribution in [2.75, 3.05) is 0 Å². The molecule has 10 heteroatoms. The summed E-state index contributed by atoms with van der Waals surface area (Å²) in [7, 11) is 0. The number of hydrogen-bond donors (Lipinski definition) is 0. The molecular formula is C72H98Cl2N4O2Ti2. The zero-order valence-corrected chi connectivity index (χ0v) is 58.5. The van der Waals surface area contributed by atoms with Gasteiger partial charge in [-0.2, -0.15) is 11.4 Å². The van der Waals surface area contributed by atoms with Gasteiger partial charge in [-0.3, -0.25) is 9.98 Å². The molecule has 0 aliphatic rings. The Morgan fingerprint density at radius 1 is 0.317 bits per heavy atom. The fourth-order valence-corrected chi connectivity index (χ4v) is 9.07. The van der Waals surface area contributed by atoms with Crippen molar-refractivity contribution in [2.45, 2.75) is 200 Å². The van der Waals surface area contributed by atoms with Crippen LogP contribution in [0.5, 0.6) is 0 Å². The van der Waals surface area contributed by atoms with E-state index in [1.165, 1.54) is 55.6 Å². The molecule has 0 saturated heterocycles. The molecule has 0 atom stereocenters. The molecule has 6 aromatic carbocycles. The third kappa shape index (κ3) is 27.6. The quantitative estimate of drug-likeness (QED) is 0.0679. The molecule has 0 N–H and O–H groups in total. The van der Waals surface area contributed by atoms with Crippen LogP contribution in [0.2, 0.25) is 0 Å². The SMILES string of the molecule is CC(/C=C(/C)[N-]c1c(C(C)C)cccc1C(C)C)=Nc1c(C(C)C)cccc1C(C)C.CC(/C=C(/C)[N-]c1c(C(C)C)cccc1C(C)C)=Nc1c(C(C)C)cccc1C(C)C.Cc1ccccc1.Cc1ccccc1.[Cl-].[Cl-].[O-2].[O-2].[Ti+4].[Ti+4]. The smallest absolute Gasteiger partial charge is 2.00 e. The van der Waals surface area contributed by atoms with Crippen molar-refractivity contribution in [3.8, 4) is 0 Å². The maximum atomic E-state index is 5.08. The Kier molecular flexibility index (Phi) is 43.6. The van der Waals surface area contributed by atoms with Crippen molar-refractivity contribution in [1.82, 2.24) is 0 Å². The summed E-state index contributed by atoms with van der Waals surface area (Å²) in [4.78, 5) is 10.2. The minimum absolute atomic E-state index is 0. The summed E-state index contributed by atoms with van der Waals surface area (Å²) in [5, 5.41) is 10.2. The van der Waals surface area contributed by atoms with E-state index in [2.05, 4.69) is 262 Å². The Morgan fingerprint density at radius 3 is 0.683 bits per heavy atom. The van der Waals surface area contributed by atoms with Crippen LogP contribution in [0.1, 0.15) is 241 Å². The van der Waals surface area contributed by atoms with Gasteiger partial charge < -0.3 is 46.4 Å². The monoisotopic (exact) mass is 1220 g/mol. The van der Waals surface area contributed by atoms with E-state index in [-0.39, 0.29) is 79.2 Å². The van der Waals surface area contributed by atoms with Crippen molar-refractivity contribution >= 4 is 34.2 Å². The summed E-state index contributed by atoms with van der Waals surface area (Å²) in [6.45, 7) is 48.3. The molecule has 82 heavy (non-hydrogen) atoms. The molecule has 0 bridgehead atoms. The number of benzene rings is 6. The van der Waals surface area contributed by atoms with Crippen LogP contribution in [0.25, 0.3) is 10.6 Å². The molecule has 6 nitrogen and oxygen atoms in total. The van der Waals surface area contributed by atoms with Gasteiger partial charge >= 0.3 is 43.4 Å². The molecule has 440 valence electrons. The first-order valence-corrected chi connectivity index (χ1v) is 28.3. The van der Waals surface area contributed by atoms with Gasteiger partial charge in [0.05, 0.1) is 11.4 Å². The molecule has 0 radical (unpaired) electrons. The average molecular weight is 1220 g/mol. The normalized spacial score (nSPS) is 11.4. The van der Waals surface area contributed by atoms with Gasteiger partial charge in [-0.15, -0.1) is 11.4 Å². The molecule has 0 spiro atoms. The second-order valence-corrected chi connectivity index (χ2v) is 23.0. The first-order valence-electron chi connectivity index (χ1n) is 28.3. The van der Waals surface area contributed by atoms with E-state index in [0.29, 0.717) is 47.3 Å². The Bertz CT molecular complexity index is 2550. The predicted octanol–water partition coefficient (Wildman–Crippen LogP) is 17.5. The van der Waals surface area contributed by atoms with E-state index in [4.69, 9.17) is 20.6 Å². The second kappa shape index (κ2) is 42.5. The topological polar surface area (TPSA) is 110 Å². The van der Waals surface area contributed by atoms with Crippen LogP contribution in [-0.4, -0.2) is 11.4 Å². The number of para-hydroxylation sites is 4. The van der Waals surface area contributed by atoms with Crippen LogP contribution in [0.4, 0.5) is 22.7 Å². The summed E-state index contributed by atoms with van der Waals surface area (Å²) in [6, 6.07) is 46.8. The van der Waals surface area contributed by atoms with Gasteiger partial charge in [0.25, 0.3) is 0 Å². The minimum atomic E-state index is 0. The number of nitrogens with zero attached hydrogens (tertiary/aromatic N) is 4. The molecule has 0 unspecified atom stereocenters. The summed E-state index contributed by atoms with van der Waals surface area (Å²) >= 11 is 0. The largest absolute Gasteiger partial charge is 4.00 e. The fraction of sp³-hybridized carbons (Fsp3) is 0.417. The van der Waals surface area contributed by atoms with Gasteiger partial charge in [-0.25, -0.2) is 0 Å². The zero-order valence-electron chi connectivity index (χ0n) is 53.8.